The number of phosphoric acid groups is 1. The first-order valence-corrected chi connectivity index (χ1v) is 31.2. The van der Waals surface area contributed by atoms with Crippen molar-refractivity contribution in [1.29, 1.82) is 0 Å². The maximum Gasteiger partial charge on any atom is 0.472 e. The van der Waals surface area contributed by atoms with Gasteiger partial charge in [0.2, 0.25) is 0 Å². The Hall–Kier alpha value is -4.64. The third-order valence-electron chi connectivity index (χ3n) is 11.7. The average molecular weight is 1110 g/mol. The molecule has 3 atom stereocenters. The van der Waals surface area contributed by atoms with Gasteiger partial charge in [0.15, 0.2) is 6.10 Å². The second-order valence-electron chi connectivity index (χ2n) is 19.0. The van der Waals surface area contributed by atoms with E-state index in [1.54, 1.807) is 0 Å². The highest BCUT2D eigenvalue weighted by atomic mass is 31.2. The molecule has 0 saturated heterocycles. The van der Waals surface area contributed by atoms with Crippen LogP contribution in [0.15, 0.2) is 146 Å². The van der Waals surface area contributed by atoms with Crippen LogP contribution in [0, 0.1) is 0 Å². The van der Waals surface area contributed by atoms with Crippen LogP contribution in [-0.2, 0) is 42.2 Å². The molecule has 0 bridgehead atoms. The Bertz CT molecular complexity index is 1860. The van der Waals surface area contributed by atoms with Gasteiger partial charge in [0, 0.05) is 19.3 Å². The summed E-state index contributed by atoms with van der Waals surface area (Å²) in [7, 11) is -4.79. The van der Waals surface area contributed by atoms with Crippen molar-refractivity contribution in [1.82, 2.24) is 0 Å². The van der Waals surface area contributed by atoms with Crippen molar-refractivity contribution in [3.63, 3.8) is 0 Å². The molecule has 0 aromatic heterocycles. The molecule has 78 heavy (non-hydrogen) atoms. The summed E-state index contributed by atoms with van der Waals surface area (Å²) in [6, 6.07) is 0. The molecule has 11 nitrogen and oxygen atoms in total. The molecule has 0 aromatic carbocycles. The summed E-state index contributed by atoms with van der Waals surface area (Å²) in [5.74, 6) is -1.61. The second kappa shape index (κ2) is 58.5. The summed E-state index contributed by atoms with van der Waals surface area (Å²) in [6.45, 7) is 4.25. The zero-order valence-electron chi connectivity index (χ0n) is 48.6. The van der Waals surface area contributed by atoms with Crippen LogP contribution < -0.4 is 0 Å². The van der Waals surface area contributed by atoms with Crippen molar-refractivity contribution in [2.75, 3.05) is 26.4 Å². The van der Waals surface area contributed by atoms with E-state index < -0.39 is 57.8 Å². The number of allylic oxidation sites excluding steroid dienone is 24. The Labute approximate surface area is 473 Å². The van der Waals surface area contributed by atoms with Gasteiger partial charge in [-0.3, -0.25) is 23.4 Å². The van der Waals surface area contributed by atoms with Crippen molar-refractivity contribution in [3.8, 4) is 0 Å². The molecule has 0 spiro atoms. The first-order chi connectivity index (χ1) is 38.2. The number of unbranched alkanes of at least 4 members (excludes halogenated alkanes) is 12. The predicted octanol–water partition coefficient (Wildman–Crippen LogP) is 17.9. The van der Waals surface area contributed by atoms with Gasteiger partial charge in [-0.2, -0.15) is 0 Å². The van der Waals surface area contributed by atoms with Gasteiger partial charge >= 0.3 is 25.7 Å². The van der Waals surface area contributed by atoms with E-state index in [4.69, 9.17) is 23.3 Å². The van der Waals surface area contributed by atoms with E-state index >= 15 is 0 Å². The second-order valence-corrected chi connectivity index (χ2v) is 20.5. The van der Waals surface area contributed by atoms with Gasteiger partial charge in [0.05, 0.1) is 19.8 Å². The van der Waals surface area contributed by atoms with E-state index in [0.29, 0.717) is 25.7 Å². The summed E-state index contributed by atoms with van der Waals surface area (Å²) in [5.41, 5.74) is 0. The fraction of sp³-hybridized carbons (Fsp3) is 0.591. The van der Waals surface area contributed by atoms with E-state index in [9.17, 15) is 28.9 Å². The van der Waals surface area contributed by atoms with Crippen LogP contribution in [0.3, 0.4) is 0 Å². The highest BCUT2D eigenvalue weighted by molar-refractivity contribution is 7.47. The maximum absolute atomic E-state index is 12.9. The molecule has 440 valence electrons. The lowest BCUT2D eigenvalue weighted by molar-refractivity contribution is -0.161. The molecule has 0 heterocycles. The molecule has 12 heteroatoms. The summed E-state index contributed by atoms with van der Waals surface area (Å²) in [6.07, 6.45) is 75.2. The fourth-order valence-corrected chi connectivity index (χ4v) is 8.05. The Balaban J connectivity index is 4.90. The van der Waals surface area contributed by atoms with Gasteiger partial charge in [-0.1, -0.05) is 205 Å². The van der Waals surface area contributed by atoms with Crippen molar-refractivity contribution in [2.45, 2.75) is 226 Å². The van der Waals surface area contributed by atoms with Crippen LogP contribution in [0.5, 0.6) is 0 Å². The lowest BCUT2D eigenvalue weighted by Gasteiger charge is -2.21. The molecule has 2 N–H and O–H groups in total. The number of hydrogen-bond donors (Lipinski definition) is 2. The smallest absolute Gasteiger partial charge is 0.462 e. The van der Waals surface area contributed by atoms with Crippen LogP contribution in [0.4, 0.5) is 0 Å². The molecule has 0 fully saturated rings. The van der Waals surface area contributed by atoms with Crippen molar-refractivity contribution < 1.29 is 52.2 Å². The standard InChI is InChI=1S/C66H105O11P/c1-4-7-10-13-16-19-22-25-28-30-31-33-36-39-42-45-48-51-54-57-66(70)77-63(59-73-64(68)55-52-49-46-43-40-37-35-32-29-26-23-20-17-14-11-8-5-2)61-75-78(71,72)74-60-62(58-67)76-65(69)56-53-50-47-44-41-38-34-27-24-21-18-15-12-9-6-3/h7-8,10-11,16-21,25-29,31,33-35,37,39,42-43,46,62-63,67H,4-6,9,12-15,22-24,30,32,36,38,40-41,44-45,47-61H2,1-3H3,(H,71,72)/b10-7-,11-8-,19-16-,20-17-,21-18-,28-25-,29-26-,33-31-,34-27-,37-35-,42-39-,46-43-. The lowest BCUT2D eigenvalue weighted by Crippen LogP contribution is -2.30. The number of esters is 3. The Morgan fingerprint density at radius 1 is 0.372 bits per heavy atom. The van der Waals surface area contributed by atoms with Crippen molar-refractivity contribution in [3.05, 3.63) is 146 Å². The Morgan fingerprint density at radius 2 is 0.679 bits per heavy atom. The molecule has 0 aromatic rings. The van der Waals surface area contributed by atoms with Crippen LogP contribution in [0.2, 0.25) is 0 Å². The van der Waals surface area contributed by atoms with E-state index in [1.807, 2.05) is 6.08 Å². The third-order valence-corrected chi connectivity index (χ3v) is 12.7. The number of carbonyl (C=O) groups excluding carboxylic acids is 3. The number of aliphatic hydroxyl groups is 1. The summed E-state index contributed by atoms with van der Waals surface area (Å²) in [5, 5.41) is 9.83. The number of carbonyl (C=O) groups is 3. The fourth-order valence-electron chi connectivity index (χ4n) is 7.27. The summed E-state index contributed by atoms with van der Waals surface area (Å²) >= 11 is 0. The Morgan fingerprint density at radius 3 is 1.08 bits per heavy atom. The van der Waals surface area contributed by atoms with Gasteiger partial charge < -0.3 is 24.2 Å². The predicted molar refractivity (Wildman–Crippen MR) is 325 cm³/mol. The van der Waals surface area contributed by atoms with Gasteiger partial charge in [0.25, 0.3) is 0 Å². The molecule has 0 aliphatic carbocycles. The van der Waals surface area contributed by atoms with Crippen LogP contribution in [0.1, 0.15) is 213 Å². The van der Waals surface area contributed by atoms with E-state index in [1.165, 1.54) is 19.3 Å². The third kappa shape index (κ3) is 56.1. The van der Waals surface area contributed by atoms with E-state index in [-0.39, 0.29) is 25.9 Å². The quantitative estimate of drug-likeness (QED) is 0.0197. The summed E-state index contributed by atoms with van der Waals surface area (Å²) < 4.78 is 39.5. The monoisotopic (exact) mass is 1100 g/mol. The zero-order valence-corrected chi connectivity index (χ0v) is 49.5. The molecule has 0 saturated carbocycles. The minimum Gasteiger partial charge on any atom is -0.462 e. The molecule has 0 aliphatic rings. The molecule has 3 unspecified atom stereocenters. The lowest BCUT2D eigenvalue weighted by atomic mass is 10.1. The summed E-state index contributed by atoms with van der Waals surface area (Å²) in [4.78, 5) is 48.6. The molecular formula is C66H105O11P. The van der Waals surface area contributed by atoms with Gasteiger partial charge in [-0.15, -0.1) is 0 Å². The number of rotatable bonds is 53. The minimum atomic E-state index is -4.79. The number of phosphoric ester groups is 1. The van der Waals surface area contributed by atoms with Gasteiger partial charge in [-0.25, -0.2) is 4.57 Å². The van der Waals surface area contributed by atoms with Crippen LogP contribution in [-0.4, -0.2) is 66.5 Å². The molecule has 0 aliphatic heterocycles. The first-order valence-electron chi connectivity index (χ1n) is 29.7. The highest BCUT2D eigenvalue weighted by Crippen LogP contribution is 2.43. The van der Waals surface area contributed by atoms with Crippen LogP contribution in [0.25, 0.3) is 0 Å². The first kappa shape index (κ1) is 73.4. The molecule has 0 radical (unpaired) electrons. The highest BCUT2D eigenvalue weighted by Gasteiger charge is 2.28. The van der Waals surface area contributed by atoms with Crippen molar-refractivity contribution >= 4 is 25.7 Å². The molecular weight excluding hydrogens is 1000 g/mol. The number of aliphatic hydroxyl groups excluding tert-OH is 1. The van der Waals surface area contributed by atoms with E-state index in [2.05, 4.69) is 161 Å². The number of ether oxygens (including phenoxy) is 3. The van der Waals surface area contributed by atoms with Crippen molar-refractivity contribution in [2.24, 2.45) is 0 Å². The van der Waals surface area contributed by atoms with Gasteiger partial charge in [0.1, 0.15) is 12.7 Å². The SMILES string of the molecule is CC/C=C\C/C=C\C/C=C\C/C=C\C/C=C\CCCCCC(=O)OC(COC(=O)CCC/C=C\C/C=C\C/C=C\C/C=C\C/C=C\CC)COP(=O)(O)OCC(CO)OC(=O)CCCCCCC/C=C\C/C=C\CCCCC. The minimum absolute atomic E-state index is 0.107. The average Bonchev–Trinajstić information content (AvgIpc) is 3.43. The molecule has 0 rings (SSSR count). The zero-order chi connectivity index (χ0) is 56.9. The van der Waals surface area contributed by atoms with Crippen LogP contribution >= 0.6 is 7.82 Å². The normalized spacial score (nSPS) is 14.4. The topological polar surface area (TPSA) is 155 Å². The molecule has 0 amide bonds. The number of hydrogen-bond acceptors (Lipinski definition) is 10. The van der Waals surface area contributed by atoms with Gasteiger partial charge in [-0.05, 0) is 135 Å². The van der Waals surface area contributed by atoms with E-state index in [0.717, 1.165) is 128 Å². The maximum atomic E-state index is 12.9. The Kier molecular flexibility index (Phi) is 55.0. The largest absolute Gasteiger partial charge is 0.472 e.